The van der Waals surface area contributed by atoms with Gasteiger partial charge in [0, 0.05) is 0 Å². The summed E-state index contributed by atoms with van der Waals surface area (Å²) in [5.74, 6) is 1.53. The van der Waals surface area contributed by atoms with Crippen molar-refractivity contribution >= 4 is 28.2 Å². The molecule has 3 N–H and O–H groups in total. The number of methoxy groups -OCH3 is 1. The molecule has 3 aromatic rings. The number of nitrogens with two attached hydrogens (primary N) is 1. The van der Waals surface area contributed by atoms with E-state index in [0.29, 0.717) is 11.4 Å². The lowest BCUT2D eigenvalue weighted by molar-refractivity contribution is 0.414. The van der Waals surface area contributed by atoms with Crippen LogP contribution in [0, 0.1) is 0 Å². The van der Waals surface area contributed by atoms with E-state index in [9.17, 15) is 0 Å². The first-order valence-corrected chi connectivity index (χ1v) is 7.45. The number of H-pyrrole nitrogens is 1. The second-order valence-electron chi connectivity index (χ2n) is 5.15. The summed E-state index contributed by atoms with van der Waals surface area (Å²) in [4.78, 5) is 8.37. The standard InChI is InChI=1S/C17H17N3OS/c1-21-12-8-6-11(7-9-12)10-13(16(18)22)17-19-14-4-2-3-5-15(14)20-17/h2-9,13H,10H2,1H3,(H2,18,22)(H,19,20)/t13-/m1/s1. The van der Waals surface area contributed by atoms with Crippen LogP contribution in [0.5, 0.6) is 5.75 Å². The highest BCUT2D eigenvalue weighted by molar-refractivity contribution is 7.80. The van der Waals surface area contributed by atoms with Gasteiger partial charge >= 0.3 is 0 Å². The van der Waals surface area contributed by atoms with Crippen LogP contribution in [0.15, 0.2) is 48.5 Å². The second kappa shape index (κ2) is 6.15. The molecule has 112 valence electrons. The molecule has 1 heterocycles. The van der Waals surface area contributed by atoms with Crippen molar-refractivity contribution in [3.63, 3.8) is 0 Å². The number of rotatable bonds is 5. The molecule has 0 aliphatic carbocycles. The van der Waals surface area contributed by atoms with Crippen molar-refractivity contribution in [3.05, 3.63) is 59.9 Å². The number of benzene rings is 2. The first-order valence-electron chi connectivity index (χ1n) is 7.04. The van der Waals surface area contributed by atoms with Crippen LogP contribution in [0.2, 0.25) is 0 Å². The molecule has 0 unspecified atom stereocenters. The number of aromatic nitrogens is 2. The summed E-state index contributed by atoms with van der Waals surface area (Å²) < 4.78 is 5.18. The van der Waals surface area contributed by atoms with E-state index in [-0.39, 0.29) is 5.92 Å². The Labute approximate surface area is 134 Å². The van der Waals surface area contributed by atoms with E-state index in [1.807, 2.05) is 48.5 Å². The van der Waals surface area contributed by atoms with Gasteiger partial charge in [-0.3, -0.25) is 0 Å². The maximum absolute atomic E-state index is 5.94. The summed E-state index contributed by atoms with van der Waals surface area (Å²) >= 11 is 5.24. The minimum atomic E-state index is -0.115. The highest BCUT2D eigenvalue weighted by Crippen LogP contribution is 2.23. The van der Waals surface area contributed by atoms with Crippen LogP contribution in [0.3, 0.4) is 0 Å². The Balaban J connectivity index is 1.90. The summed E-state index contributed by atoms with van der Waals surface area (Å²) in [7, 11) is 1.65. The minimum absolute atomic E-state index is 0.115. The molecular weight excluding hydrogens is 294 g/mol. The average Bonchev–Trinajstić information content (AvgIpc) is 2.96. The Kier molecular flexibility index (Phi) is 4.06. The van der Waals surface area contributed by atoms with Crippen molar-refractivity contribution in [2.45, 2.75) is 12.3 Å². The van der Waals surface area contributed by atoms with Crippen LogP contribution in [-0.4, -0.2) is 22.1 Å². The Morgan fingerprint density at radius 2 is 1.95 bits per heavy atom. The third-order valence-corrected chi connectivity index (χ3v) is 3.96. The summed E-state index contributed by atoms with van der Waals surface area (Å²) in [5.41, 5.74) is 9.00. The van der Waals surface area contributed by atoms with Crippen LogP contribution < -0.4 is 10.5 Å². The van der Waals surface area contributed by atoms with Gasteiger partial charge in [-0.1, -0.05) is 36.5 Å². The smallest absolute Gasteiger partial charge is 0.118 e. The fourth-order valence-corrected chi connectivity index (χ4v) is 2.66. The van der Waals surface area contributed by atoms with E-state index in [0.717, 1.165) is 28.2 Å². The molecule has 0 aliphatic rings. The predicted octanol–water partition coefficient (Wildman–Crippen LogP) is 3.18. The van der Waals surface area contributed by atoms with E-state index >= 15 is 0 Å². The monoisotopic (exact) mass is 311 g/mol. The van der Waals surface area contributed by atoms with Gasteiger partial charge in [-0.2, -0.15) is 0 Å². The number of hydrogen-bond acceptors (Lipinski definition) is 3. The topological polar surface area (TPSA) is 63.9 Å². The molecule has 0 amide bonds. The number of aromatic amines is 1. The molecule has 3 rings (SSSR count). The van der Waals surface area contributed by atoms with Gasteiger partial charge in [0.25, 0.3) is 0 Å². The fraction of sp³-hybridized carbons (Fsp3) is 0.176. The maximum Gasteiger partial charge on any atom is 0.118 e. The molecule has 0 radical (unpaired) electrons. The van der Waals surface area contributed by atoms with E-state index in [2.05, 4.69) is 9.97 Å². The molecule has 0 fully saturated rings. The van der Waals surface area contributed by atoms with E-state index < -0.39 is 0 Å². The van der Waals surface area contributed by atoms with Crippen molar-refractivity contribution in [1.29, 1.82) is 0 Å². The van der Waals surface area contributed by atoms with E-state index in [1.165, 1.54) is 0 Å². The summed E-state index contributed by atoms with van der Waals surface area (Å²) in [6, 6.07) is 15.8. The molecule has 4 nitrogen and oxygen atoms in total. The lowest BCUT2D eigenvalue weighted by Crippen LogP contribution is -2.22. The van der Waals surface area contributed by atoms with Crippen molar-refractivity contribution in [1.82, 2.24) is 9.97 Å². The number of hydrogen-bond donors (Lipinski definition) is 2. The molecule has 0 aliphatic heterocycles. The van der Waals surface area contributed by atoms with Gasteiger partial charge in [0.15, 0.2) is 0 Å². The lowest BCUT2D eigenvalue weighted by atomic mass is 9.98. The molecule has 22 heavy (non-hydrogen) atoms. The molecule has 0 saturated heterocycles. The maximum atomic E-state index is 5.94. The van der Waals surface area contributed by atoms with E-state index in [1.54, 1.807) is 7.11 Å². The quantitative estimate of drug-likeness (QED) is 0.710. The number of imidazole rings is 1. The molecule has 0 saturated carbocycles. The van der Waals surface area contributed by atoms with Crippen LogP contribution >= 0.6 is 12.2 Å². The van der Waals surface area contributed by atoms with Crippen molar-refractivity contribution in [2.24, 2.45) is 5.73 Å². The Morgan fingerprint density at radius 3 is 2.59 bits per heavy atom. The van der Waals surface area contributed by atoms with Gasteiger partial charge in [0.05, 0.1) is 29.0 Å². The zero-order chi connectivity index (χ0) is 15.5. The zero-order valence-corrected chi connectivity index (χ0v) is 13.1. The van der Waals surface area contributed by atoms with Gasteiger partial charge in [-0.25, -0.2) is 4.98 Å². The van der Waals surface area contributed by atoms with Gasteiger partial charge in [0.2, 0.25) is 0 Å². The average molecular weight is 311 g/mol. The number of nitrogens with zero attached hydrogens (tertiary/aromatic N) is 1. The Morgan fingerprint density at radius 1 is 1.23 bits per heavy atom. The normalized spacial score (nSPS) is 12.2. The van der Waals surface area contributed by atoms with Crippen LogP contribution in [0.1, 0.15) is 17.3 Å². The third kappa shape index (κ3) is 2.94. The van der Waals surface area contributed by atoms with Gasteiger partial charge in [-0.05, 0) is 36.2 Å². The predicted molar refractivity (Wildman–Crippen MR) is 92.3 cm³/mol. The molecule has 2 aromatic carbocycles. The number of nitrogens with one attached hydrogen (secondary N) is 1. The van der Waals surface area contributed by atoms with Crippen molar-refractivity contribution in [2.75, 3.05) is 7.11 Å². The highest BCUT2D eigenvalue weighted by atomic mass is 32.1. The number of fused-ring (bicyclic) bond motifs is 1. The van der Waals surface area contributed by atoms with Gasteiger partial charge in [-0.15, -0.1) is 0 Å². The van der Waals surface area contributed by atoms with E-state index in [4.69, 9.17) is 22.7 Å². The summed E-state index contributed by atoms with van der Waals surface area (Å²) in [6.45, 7) is 0. The van der Waals surface area contributed by atoms with Crippen molar-refractivity contribution in [3.8, 4) is 5.75 Å². The third-order valence-electron chi connectivity index (χ3n) is 3.68. The van der Waals surface area contributed by atoms with Crippen LogP contribution in [0.4, 0.5) is 0 Å². The van der Waals surface area contributed by atoms with Crippen molar-refractivity contribution < 1.29 is 4.74 Å². The summed E-state index contributed by atoms with van der Waals surface area (Å²) in [6.07, 6.45) is 0.707. The zero-order valence-electron chi connectivity index (χ0n) is 12.2. The first-order chi connectivity index (χ1) is 10.7. The minimum Gasteiger partial charge on any atom is -0.497 e. The molecule has 0 spiro atoms. The molecular formula is C17H17N3OS. The van der Waals surface area contributed by atoms with Crippen LogP contribution in [-0.2, 0) is 6.42 Å². The Bertz CT molecular complexity index is 762. The first kappa shape index (κ1) is 14.5. The fourth-order valence-electron chi connectivity index (χ4n) is 2.47. The lowest BCUT2D eigenvalue weighted by Gasteiger charge is -2.13. The number of thiocarbonyl (C=S) groups is 1. The van der Waals surface area contributed by atoms with Crippen LogP contribution in [0.25, 0.3) is 11.0 Å². The Hall–Kier alpha value is -2.40. The largest absolute Gasteiger partial charge is 0.497 e. The van der Waals surface area contributed by atoms with Gasteiger partial charge < -0.3 is 15.5 Å². The number of ether oxygens (including phenoxy) is 1. The molecule has 1 atom stereocenters. The van der Waals surface area contributed by atoms with Gasteiger partial charge in [0.1, 0.15) is 11.6 Å². The molecule has 0 bridgehead atoms. The molecule has 5 heteroatoms. The summed E-state index contributed by atoms with van der Waals surface area (Å²) in [5, 5.41) is 0. The SMILES string of the molecule is COc1ccc(C[C@H](C(N)=S)c2nc3ccccc3[nH]2)cc1. The molecule has 1 aromatic heterocycles. The highest BCUT2D eigenvalue weighted by Gasteiger charge is 2.19. The second-order valence-corrected chi connectivity index (χ2v) is 5.62. The number of para-hydroxylation sites is 2.